The zero-order valence-corrected chi connectivity index (χ0v) is 22.6. The van der Waals surface area contributed by atoms with Gasteiger partial charge in [0, 0.05) is 30.0 Å². The van der Waals surface area contributed by atoms with E-state index in [0.29, 0.717) is 25.7 Å². The van der Waals surface area contributed by atoms with Gasteiger partial charge in [-0.15, -0.1) is 0 Å². The number of carbonyl (C=O) groups excluding carboxylic acids is 2. The lowest BCUT2D eigenvalue weighted by Gasteiger charge is -2.71. The smallest absolute Gasteiger partial charge is 0.309 e. The first kappa shape index (κ1) is 25.0. The normalized spacial score (nSPS) is 52.2. The zero-order valence-electron chi connectivity index (χ0n) is 22.6. The highest BCUT2D eigenvalue weighted by molar-refractivity contribution is 5.98. The number of fused-ring (bicyclic) bond motifs is 7. The maximum absolute atomic E-state index is 14.3. The average molecular weight is 484 g/mol. The molecule has 0 saturated heterocycles. The summed E-state index contributed by atoms with van der Waals surface area (Å²) in [6, 6.07) is 0. The Hall–Kier alpha value is -1.65. The third kappa shape index (κ3) is 3.02. The Morgan fingerprint density at radius 3 is 2.26 bits per heavy atom. The first-order valence-electron chi connectivity index (χ1n) is 13.9. The van der Waals surface area contributed by atoms with Gasteiger partial charge in [0.15, 0.2) is 5.78 Å². The Kier molecular flexibility index (Phi) is 5.32. The number of carboxylic acids is 1. The number of ketones is 2. The number of hydrogen-bond donors (Lipinski definition) is 2. The molecular formula is C30H45NO4. The van der Waals surface area contributed by atoms with E-state index < -0.39 is 11.4 Å². The van der Waals surface area contributed by atoms with E-state index in [2.05, 4.69) is 41.5 Å². The van der Waals surface area contributed by atoms with Gasteiger partial charge in [-0.1, -0.05) is 41.5 Å². The van der Waals surface area contributed by atoms with Crippen LogP contribution in [0.2, 0.25) is 0 Å². The van der Waals surface area contributed by atoms with E-state index in [4.69, 9.17) is 5.73 Å². The maximum atomic E-state index is 14.3. The van der Waals surface area contributed by atoms with Gasteiger partial charge in [0.1, 0.15) is 5.78 Å². The minimum Gasteiger partial charge on any atom is -0.481 e. The second-order valence-corrected chi connectivity index (χ2v) is 14.6. The van der Waals surface area contributed by atoms with Crippen LogP contribution in [0.1, 0.15) is 99.3 Å². The van der Waals surface area contributed by atoms with Crippen LogP contribution in [0.4, 0.5) is 0 Å². The number of nitrogens with two attached hydrogens (primary N) is 1. The maximum Gasteiger partial charge on any atom is 0.309 e. The van der Waals surface area contributed by atoms with Crippen molar-refractivity contribution in [1.29, 1.82) is 0 Å². The highest BCUT2D eigenvalue weighted by Gasteiger charge is 2.72. The number of carboxylic acid groups (broad SMARTS) is 1. The molecule has 5 saturated carbocycles. The molecule has 5 heteroatoms. The van der Waals surface area contributed by atoms with Crippen molar-refractivity contribution >= 4 is 17.5 Å². The summed E-state index contributed by atoms with van der Waals surface area (Å²) in [6.45, 7) is 13.6. The van der Waals surface area contributed by atoms with Crippen molar-refractivity contribution in [2.75, 3.05) is 0 Å². The van der Waals surface area contributed by atoms with Crippen molar-refractivity contribution in [2.24, 2.45) is 62.4 Å². The first-order valence-corrected chi connectivity index (χ1v) is 13.9. The molecule has 0 aromatic rings. The van der Waals surface area contributed by atoms with Crippen molar-refractivity contribution in [1.82, 2.24) is 0 Å². The van der Waals surface area contributed by atoms with E-state index in [0.717, 1.165) is 37.7 Å². The lowest BCUT2D eigenvalue weighted by atomic mass is 9.32. The Bertz CT molecular complexity index is 1010. The quantitative estimate of drug-likeness (QED) is 0.462. The summed E-state index contributed by atoms with van der Waals surface area (Å²) in [4.78, 5) is 40.1. The molecule has 4 unspecified atom stereocenters. The van der Waals surface area contributed by atoms with Gasteiger partial charge in [-0.2, -0.15) is 0 Å². The van der Waals surface area contributed by atoms with Crippen LogP contribution in [0.25, 0.3) is 0 Å². The van der Waals surface area contributed by atoms with Gasteiger partial charge in [-0.3, -0.25) is 14.4 Å². The number of hydrogen-bond acceptors (Lipinski definition) is 4. The third-order valence-electron chi connectivity index (χ3n) is 12.9. The van der Waals surface area contributed by atoms with Crippen molar-refractivity contribution < 1.29 is 19.5 Å². The predicted octanol–water partition coefficient (Wildman–Crippen LogP) is 5.76. The van der Waals surface area contributed by atoms with Gasteiger partial charge in [-0.05, 0) is 90.8 Å². The zero-order chi connectivity index (χ0) is 25.8. The number of rotatable bonds is 1. The Labute approximate surface area is 210 Å². The summed E-state index contributed by atoms with van der Waals surface area (Å²) in [5.74, 6) is -0.134. The van der Waals surface area contributed by atoms with Gasteiger partial charge in [0.05, 0.1) is 5.41 Å². The molecule has 5 rings (SSSR count). The monoisotopic (exact) mass is 483 g/mol. The van der Waals surface area contributed by atoms with Gasteiger partial charge in [0.2, 0.25) is 0 Å². The Morgan fingerprint density at radius 2 is 1.63 bits per heavy atom. The molecule has 9 atom stereocenters. The van der Waals surface area contributed by atoms with Crippen LogP contribution in [0, 0.1) is 56.7 Å². The Morgan fingerprint density at radius 1 is 0.971 bits per heavy atom. The summed E-state index contributed by atoms with van der Waals surface area (Å²) in [7, 11) is 0. The second-order valence-electron chi connectivity index (χ2n) is 14.6. The fraction of sp³-hybridized carbons (Fsp3) is 0.833. The van der Waals surface area contributed by atoms with Crippen LogP contribution in [0.5, 0.6) is 0 Å². The standard InChI is InChI=1S/C30H45NO4/c1-17-19-7-8-28(5)22(27(19,4)14-18(16-31)24(17)33)13-21(32)23-20-15-26(2,3)9-11-30(20,25(34)35)12-10-29(23,28)6/h16-17,19-20,22-23H,7-15,31H2,1-6H3,(H,34,35)/t17-,19?,20?,22?,23?,27+,28-,29-,30+/m1/s1. The summed E-state index contributed by atoms with van der Waals surface area (Å²) in [5, 5.41) is 10.5. The summed E-state index contributed by atoms with van der Waals surface area (Å²) >= 11 is 0. The minimum atomic E-state index is -0.763. The first-order chi connectivity index (χ1) is 16.2. The molecule has 5 aliphatic carbocycles. The van der Waals surface area contributed by atoms with Crippen LogP contribution < -0.4 is 5.73 Å². The van der Waals surface area contributed by atoms with Gasteiger partial charge in [0.25, 0.3) is 0 Å². The summed E-state index contributed by atoms with van der Waals surface area (Å²) < 4.78 is 0. The molecular weight excluding hydrogens is 438 g/mol. The largest absolute Gasteiger partial charge is 0.481 e. The lowest BCUT2D eigenvalue weighted by Crippen LogP contribution is -2.69. The fourth-order valence-corrected chi connectivity index (χ4v) is 10.7. The third-order valence-corrected chi connectivity index (χ3v) is 12.9. The van der Waals surface area contributed by atoms with E-state index >= 15 is 0 Å². The molecule has 0 amide bonds. The molecule has 0 aliphatic heterocycles. The van der Waals surface area contributed by atoms with E-state index in [-0.39, 0.29) is 62.8 Å². The fourth-order valence-electron chi connectivity index (χ4n) is 10.7. The van der Waals surface area contributed by atoms with Crippen molar-refractivity contribution in [3.63, 3.8) is 0 Å². The van der Waals surface area contributed by atoms with Crippen LogP contribution >= 0.6 is 0 Å². The molecule has 0 spiro atoms. The molecule has 0 aromatic heterocycles. The Balaban J connectivity index is 1.61. The molecule has 194 valence electrons. The molecule has 35 heavy (non-hydrogen) atoms. The molecule has 0 radical (unpaired) electrons. The second kappa shape index (κ2) is 7.44. The number of allylic oxidation sites excluding steroid dienone is 1. The molecule has 0 aromatic carbocycles. The van der Waals surface area contributed by atoms with Crippen molar-refractivity contribution in [2.45, 2.75) is 99.3 Å². The van der Waals surface area contributed by atoms with Crippen molar-refractivity contribution in [3.8, 4) is 0 Å². The molecule has 0 bridgehead atoms. The van der Waals surface area contributed by atoms with Crippen LogP contribution in [-0.4, -0.2) is 22.6 Å². The minimum absolute atomic E-state index is 0.0591. The van der Waals surface area contributed by atoms with Crippen LogP contribution in [-0.2, 0) is 14.4 Å². The van der Waals surface area contributed by atoms with Gasteiger partial charge >= 0.3 is 5.97 Å². The molecule has 5 fully saturated rings. The molecule has 5 aliphatic rings. The number of aliphatic carboxylic acids is 1. The lowest BCUT2D eigenvalue weighted by molar-refractivity contribution is -0.229. The topological polar surface area (TPSA) is 97.5 Å². The molecule has 0 heterocycles. The molecule has 5 nitrogen and oxygen atoms in total. The van der Waals surface area contributed by atoms with E-state index in [1.165, 1.54) is 6.20 Å². The van der Waals surface area contributed by atoms with E-state index in [9.17, 15) is 19.5 Å². The van der Waals surface area contributed by atoms with Gasteiger partial charge in [-0.25, -0.2) is 0 Å². The highest BCUT2D eigenvalue weighted by Crippen LogP contribution is 2.75. The highest BCUT2D eigenvalue weighted by atomic mass is 16.4. The van der Waals surface area contributed by atoms with E-state index in [1.807, 2.05) is 0 Å². The number of Topliss-reactive ketones (excluding diaryl/α,β-unsaturated/α-hetero) is 2. The summed E-state index contributed by atoms with van der Waals surface area (Å²) in [5.41, 5.74) is 5.51. The van der Waals surface area contributed by atoms with E-state index in [1.54, 1.807) is 0 Å². The molecule has 3 N–H and O–H groups in total. The SMILES string of the molecule is C[C@H]1C(=O)C(=CN)C[C@@]2(C)C1CC[C@]1(C)C2CC(=O)C2C3CC(C)(C)CC[C@]3(C(=O)O)CC[C@]21C. The average Bonchev–Trinajstić information content (AvgIpc) is 2.77. The van der Waals surface area contributed by atoms with Crippen LogP contribution in [0.3, 0.4) is 0 Å². The summed E-state index contributed by atoms with van der Waals surface area (Å²) in [6.07, 6.45) is 8.56. The van der Waals surface area contributed by atoms with Gasteiger partial charge < -0.3 is 10.8 Å². The van der Waals surface area contributed by atoms with Crippen molar-refractivity contribution in [3.05, 3.63) is 11.8 Å². The number of carbonyl (C=O) groups is 3. The predicted molar refractivity (Wildman–Crippen MR) is 135 cm³/mol. The van der Waals surface area contributed by atoms with Crippen LogP contribution in [0.15, 0.2) is 11.8 Å².